The van der Waals surface area contributed by atoms with Gasteiger partial charge in [0.1, 0.15) is 0 Å². The smallest absolute Gasteiger partial charge is 0.0739 e. The van der Waals surface area contributed by atoms with Gasteiger partial charge in [-0.15, -0.1) is 0 Å². The van der Waals surface area contributed by atoms with Crippen molar-refractivity contribution in [3.8, 4) is 0 Å². The number of benzene rings is 1. The number of rotatable bonds is 13. The Morgan fingerprint density at radius 1 is 0.792 bits per heavy atom. The first kappa shape index (κ1) is 22.6. The van der Waals surface area contributed by atoms with E-state index in [0.717, 1.165) is 6.54 Å². The molecule has 1 rings (SSSR count). The van der Waals surface area contributed by atoms with Crippen LogP contribution in [0, 0.1) is 0 Å². The minimum atomic E-state index is -1.13. The number of carboxylic acids is 1. The predicted molar refractivity (Wildman–Crippen MR) is 99.6 cm³/mol. The number of carbonyl (C=O) groups excluding carboxylic acids is 1. The molecule has 0 aliphatic heterocycles. The zero-order valence-electron chi connectivity index (χ0n) is 15.6. The van der Waals surface area contributed by atoms with Gasteiger partial charge < -0.3 is 15.6 Å². The average Bonchev–Trinajstić information content (AvgIpc) is 2.61. The second-order valence-electron chi connectivity index (χ2n) is 6.40. The molecule has 1 aromatic rings. The molecular weight excluding hydrogens is 298 g/mol. The van der Waals surface area contributed by atoms with Crippen LogP contribution in [0.15, 0.2) is 30.3 Å². The van der Waals surface area contributed by atoms with Gasteiger partial charge in [0.05, 0.1) is 12.5 Å². The highest BCUT2D eigenvalue weighted by Crippen LogP contribution is 2.11. The highest BCUT2D eigenvalue weighted by atomic mass is 16.4. The SMILES string of the molecule is CCCCCCCCCCCCCC[NH3+].O=C([O-])c1ccccc1. The van der Waals surface area contributed by atoms with Crippen LogP contribution in [0.3, 0.4) is 0 Å². The van der Waals surface area contributed by atoms with Crippen molar-refractivity contribution < 1.29 is 15.6 Å². The van der Waals surface area contributed by atoms with Gasteiger partial charge in [0.15, 0.2) is 0 Å². The summed E-state index contributed by atoms with van der Waals surface area (Å²) >= 11 is 0. The number of unbranched alkanes of at least 4 members (excludes halogenated alkanes) is 11. The van der Waals surface area contributed by atoms with E-state index >= 15 is 0 Å². The summed E-state index contributed by atoms with van der Waals surface area (Å²) in [6.07, 6.45) is 17.2. The lowest BCUT2D eigenvalue weighted by Gasteiger charge is -2.01. The van der Waals surface area contributed by atoms with Crippen LogP contribution in [0.5, 0.6) is 0 Å². The van der Waals surface area contributed by atoms with E-state index in [9.17, 15) is 9.90 Å². The summed E-state index contributed by atoms with van der Waals surface area (Å²) in [7, 11) is 0. The number of quaternary nitrogens is 1. The van der Waals surface area contributed by atoms with E-state index in [1.54, 1.807) is 18.2 Å². The van der Waals surface area contributed by atoms with Crippen LogP contribution in [-0.4, -0.2) is 12.5 Å². The van der Waals surface area contributed by atoms with Crippen LogP contribution in [0.4, 0.5) is 0 Å². The first-order valence-corrected chi connectivity index (χ1v) is 9.78. The van der Waals surface area contributed by atoms with E-state index < -0.39 is 5.97 Å². The summed E-state index contributed by atoms with van der Waals surface area (Å²) in [6, 6.07) is 8.06. The van der Waals surface area contributed by atoms with Gasteiger partial charge in [-0.25, -0.2) is 0 Å². The molecule has 0 aliphatic carbocycles. The van der Waals surface area contributed by atoms with Crippen LogP contribution < -0.4 is 10.8 Å². The normalized spacial score (nSPS) is 10.1. The zero-order valence-corrected chi connectivity index (χ0v) is 15.6. The largest absolute Gasteiger partial charge is 0.545 e. The second kappa shape index (κ2) is 18.0. The maximum atomic E-state index is 10.1. The number of hydrogen-bond acceptors (Lipinski definition) is 2. The van der Waals surface area contributed by atoms with Crippen molar-refractivity contribution in [3.63, 3.8) is 0 Å². The van der Waals surface area contributed by atoms with Crippen molar-refractivity contribution in [2.45, 2.75) is 84.0 Å². The van der Waals surface area contributed by atoms with Crippen molar-refractivity contribution in [1.29, 1.82) is 0 Å². The maximum Gasteiger partial charge on any atom is 0.0739 e. The van der Waals surface area contributed by atoms with Gasteiger partial charge in [0.2, 0.25) is 0 Å². The predicted octanol–water partition coefficient (Wildman–Crippen LogP) is 3.98. The first-order chi connectivity index (χ1) is 11.7. The van der Waals surface area contributed by atoms with E-state index in [1.165, 1.54) is 89.2 Å². The van der Waals surface area contributed by atoms with Crippen molar-refractivity contribution in [1.82, 2.24) is 0 Å². The Kier molecular flexibility index (Phi) is 17.0. The van der Waals surface area contributed by atoms with Crippen molar-refractivity contribution >= 4 is 5.97 Å². The van der Waals surface area contributed by atoms with E-state index in [-0.39, 0.29) is 5.56 Å². The third-order valence-corrected chi connectivity index (χ3v) is 4.11. The van der Waals surface area contributed by atoms with Crippen LogP contribution in [-0.2, 0) is 0 Å². The summed E-state index contributed by atoms with van der Waals surface area (Å²) in [6.45, 7) is 3.41. The van der Waals surface area contributed by atoms with Crippen LogP contribution in [0.2, 0.25) is 0 Å². The fourth-order valence-electron chi connectivity index (χ4n) is 2.59. The molecule has 1 aromatic carbocycles. The molecule has 0 saturated carbocycles. The molecule has 0 aliphatic rings. The monoisotopic (exact) mass is 335 g/mol. The van der Waals surface area contributed by atoms with Crippen LogP contribution in [0.1, 0.15) is 94.3 Å². The molecule has 24 heavy (non-hydrogen) atoms. The molecule has 0 aromatic heterocycles. The van der Waals surface area contributed by atoms with E-state index in [0.29, 0.717) is 0 Å². The maximum absolute atomic E-state index is 10.1. The quantitative estimate of drug-likeness (QED) is 0.554. The Labute approximate surface area is 148 Å². The molecule has 0 amide bonds. The van der Waals surface area contributed by atoms with Crippen molar-refractivity contribution in [2.24, 2.45) is 0 Å². The zero-order chi connectivity index (χ0) is 17.9. The Bertz CT molecular complexity index is 367. The Balaban J connectivity index is 0.000000496. The number of aromatic carboxylic acids is 1. The fraction of sp³-hybridized carbons (Fsp3) is 0.667. The summed E-state index contributed by atoms with van der Waals surface area (Å²) < 4.78 is 0. The molecule has 3 N–H and O–H groups in total. The van der Waals surface area contributed by atoms with Crippen molar-refractivity contribution in [2.75, 3.05) is 6.54 Å². The minimum absolute atomic E-state index is 0.220. The summed E-state index contributed by atoms with van der Waals surface area (Å²) in [5, 5.41) is 10.1. The Hall–Kier alpha value is -1.35. The highest BCUT2D eigenvalue weighted by molar-refractivity contribution is 5.85. The lowest BCUT2D eigenvalue weighted by Crippen LogP contribution is -2.50. The summed E-state index contributed by atoms with van der Waals surface area (Å²) in [5.41, 5.74) is 4.09. The van der Waals surface area contributed by atoms with Gasteiger partial charge >= 0.3 is 0 Å². The molecule has 0 unspecified atom stereocenters. The molecule has 0 radical (unpaired) electrons. The molecule has 0 heterocycles. The summed E-state index contributed by atoms with van der Waals surface area (Å²) in [5.74, 6) is -1.13. The van der Waals surface area contributed by atoms with E-state index in [4.69, 9.17) is 0 Å². The second-order valence-corrected chi connectivity index (χ2v) is 6.40. The van der Waals surface area contributed by atoms with Gasteiger partial charge in [-0.3, -0.25) is 0 Å². The van der Waals surface area contributed by atoms with Gasteiger partial charge in [0.25, 0.3) is 0 Å². The molecule has 0 atom stereocenters. The van der Waals surface area contributed by atoms with Crippen molar-refractivity contribution in [3.05, 3.63) is 35.9 Å². The number of hydrogen-bond donors (Lipinski definition) is 1. The Morgan fingerprint density at radius 2 is 1.21 bits per heavy atom. The van der Waals surface area contributed by atoms with E-state index in [2.05, 4.69) is 12.7 Å². The van der Waals surface area contributed by atoms with E-state index in [1.807, 2.05) is 0 Å². The fourth-order valence-corrected chi connectivity index (χ4v) is 2.59. The Morgan fingerprint density at radius 3 is 1.54 bits per heavy atom. The summed E-state index contributed by atoms with van der Waals surface area (Å²) in [4.78, 5) is 10.1. The van der Waals surface area contributed by atoms with Crippen LogP contribution in [0.25, 0.3) is 0 Å². The molecule has 3 heteroatoms. The molecule has 138 valence electrons. The van der Waals surface area contributed by atoms with Gasteiger partial charge in [-0.1, -0.05) is 101 Å². The van der Waals surface area contributed by atoms with Gasteiger partial charge in [-0.05, 0) is 18.4 Å². The molecule has 3 nitrogen and oxygen atoms in total. The third kappa shape index (κ3) is 15.5. The average molecular weight is 336 g/mol. The lowest BCUT2D eigenvalue weighted by atomic mass is 10.1. The number of carbonyl (C=O) groups is 1. The van der Waals surface area contributed by atoms with Gasteiger partial charge in [-0.2, -0.15) is 0 Å². The number of carboxylic acid groups (broad SMARTS) is 1. The van der Waals surface area contributed by atoms with Crippen LogP contribution >= 0.6 is 0 Å². The molecule has 0 fully saturated rings. The minimum Gasteiger partial charge on any atom is -0.545 e. The van der Waals surface area contributed by atoms with Gasteiger partial charge in [0, 0.05) is 0 Å². The molecule has 0 spiro atoms. The highest BCUT2D eigenvalue weighted by Gasteiger charge is 1.92. The molecular formula is C21H37NO2. The molecule has 0 bridgehead atoms. The topological polar surface area (TPSA) is 67.8 Å². The third-order valence-electron chi connectivity index (χ3n) is 4.11. The first-order valence-electron chi connectivity index (χ1n) is 9.78. The molecule has 0 saturated heterocycles. The standard InChI is InChI=1S/C14H31N.C7H6O2/c1-2-3-4-5-6-7-8-9-10-11-12-13-14-15;8-7(9)6-4-2-1-3-5-6/h2-15H2,1H3;1-5H,(H,8,9). The lowest BCUT2D eigenvalue weighted by molar-refractivity contribution is -0.368.